The third kappa shape index (κ3) is 7.90. The van der Waals surface area contributed by atoms with Crippen molar-refractivity contribution >= 4 is 50.7 Å². The molecule has 0 aromatic heterocycles. The fraction of sp³-hybridized carbons (Fsp3) is 0.440. The second kappa shape index (κ2) is 13.2. The van der Waals surface area contributed by atoms with Crippen LogP contribution in [-0.4, -0.2) is 64.2 Å². The van der Waals surface area contributed by atoms with Crippen LogP contribution in [0, 0.1) is 0 Å². The molecule has 9 nitrogen and oxygen atoms in total. The summed E-state index contributed by atoms with van der Waals surface area (Å²) in [4.78, 5) is 27.9. The first-order chi connectivity index (χ1) is 17.3. The summed E-state index contributed by atoms with van der Waals surface area (Å²) in [7, 11) is -1.03. The van der Waals surface area contributed by atoms with Gasteiger partial charge < -0.3 is 19.7 Å². The summed E-state index contributed by atoms with van der Waals surface area (Å²) in [6, 6.07) is 8.37. The quantitative estimate of drug-likeness (QED) is 0.409. The number of nitrogens with one attached hydrogen (secondary N) is 1. The number of hydrogen-bond donors (Lipinski definition) is 1. The highest BCUT2D eigenvalue weighted by atomic mass is 35.5. The maximum atomic E-state index is 13.7. The van der Waals surface area contributed by atoms with E-state index in [9.17, 15) is 18.0 Å². The van der Waals surface area contributed by atoms with Gasteiger partial charge in [-0.25, -0.2) is 8.42 Å². The van der Waals surface area contributed by atoms with Crippen molar-refractivity contribution < 1.29 is 27.5 Å². The van der Waals surface area contributed by atoms with Gasteiger partial charge in [0.25, 0.3) is 0 Å². The van der Waals surface area contributed by atoms with Crippen molar-refractivity contribution in [3.63, 3.8) is 0 Å². The molecule has 0 aliphatic rings. The number of nitrogens with zero attached hydrogens (tertiary/aromatic N) is 2. The summed E-state index contributed by atoms with van der Waals surface area (Å²) >= 11 is 12.7. The van der Waals surface area contributed by atoms with E-state index in [1.807, 2.05) is 13.8 Å². The number of methoxy groups -OCH3 is 2. The highest BCUT2D eigenvalue weighted by molar-refractivity contribution is 7.92. The largest absolute Gasteiger partial charge is 0.493 e. The van der Waals surface area contributed by atoms with E-state index >= 15 is 0 Å². The molecule has 0 fully saturated rings. The number of anilines is 1. The van der Waals surface area contributed by atoms with Gasteiger partial charge in [-0.05, 0) is 44.5 Å². The third-order valence-electron chi connectivity index (χ3n) is 5.89. The smallest absolute Gasteiger partial charge is 0.244 e. The van der Waals surface area contributed by atoms with Gasteiger partial charge in [0.1, 0.15) is 12.6 Å². The average Bonchev–Trinajstić information content (AvgIpc) is 2.85. The van der Waals surface area contributed by atoms with E-state index in [1.165, 1.54) is 31.3 Å². The topological polar surface area (TPSA) is 105 Å². The summed E-state index contributed by atoms with van der Waals surface area (Å²) in [5, 5.41) is 3.50. The van der Waals surface area contributed by atoms with Crippen LogP contribution in [0.3, 0.4) is 0 Å². The molecule has 0 spiro atoms. The van der Waals surface area contributed by atoms with Crippen molar-refractivity contribution in [3.05, 3.63) is 52.0 Å². The van der Waals surface area contributed by atoms with Gasteiger partial charge in [0.05, 0.1) is 26.2 Å². The summed E-state index contributed by atoms with van der Waals surface area (Å²) in [5.74, 6) is -0.315. The third-order valence-corrected chi connectivity index (χ3v) is 7.74. The molecule has 2 aromatic carbocycles. The Bertz CT molecular complexity index is 1200. The van der Waals surface area contributed by atoms with Crippen LogP contribution in [0.2, 0.25) is 10.0 Å². The van der Waals surface area contributed by atoms with Crippen LogP contribution >= 0.6 is 23.2 Å². The van der Waals surface area contributed by atoms with Crippen LogP contribution in [0.1, 0.15) is 32.8 Å². The van der Waals surface area contributed by atoms with Gasteiger partial charge in [-0.3, -0.25) is 13.9 Å². The minimum Gasteiger partial charge on any atom is -0.493 e. The monoisotopic (exact) mass is 573 g/mol. The van der Waals surface area contributed by atoms with Crippen LogP contribution in [0.25, 0.3) is 0 Å². The lowest BCUT2D eigenvalue weighted by molar-refractivity contribution is -0.139. The van der Waals surface area contributed by atoms with Crippen LogP contribution < -0.4 is 19.1 Å². The van der Waals surface area contributed by atoms with Crippen LogP contribution in [0.5, 0.6) is 11.5 Å². The minimum atomic E-state index is -3.91. The SMILES string of the molecule is CCC(C)NC(=O)C(C)N(Cc1c(Cl)cccc1Cl)C(=O)CN(c1ccc(OC)c(OC)c1)S(C)(=O)=O. The standard InChI is InChI=1S/C25H33Cl2N3O6S/c1-7-16(2)28-25(32)17(3)29(14-19-20(26)9-8-10-21(19)27)24(31)15-30(37(6,33)34)18-11-12-22(35-4)23(13-18)36-5/h8-13,16-17H,7,14-15H2,1-6H3,(H,28,32). The molecule has 2 aromatic rings. The second-order valence-corrected chi connectivity index (χ2v) is 11.2. The van der Waals surface area contributed by atoms with Crippen LogP contribution in [-0.2, 0) is 26.2 Å². The van der Waals surface area contributed by atoms with Crippen LogP contribution in [0.4, 0.5) is 5.69 Å². The first-order valence-corrected chi connectivity index (χ1v) is 14.2. The molecule has 0 radical (unpaired) electrons. The zero-order valence-electron chi connectivity index (χ0n) is 21.7. The molecular formula is C25H33Cl2N3O6S. The van der Waals surface area contributed by atoms with Crippen molar-refractivity contribution in [2.24, 2.45) is 0 Å². The van der Waals surface area contributed by atoms with E-state index in [-0.39, 0.29) is 24.2 Å². The highest BCUT2D eigenvalue weighted by Gasteiger charge is 2.31. The first kappa shape index (κ1) is 30.5. The van der Waals surface area contributed by atoms with Crippen molar-refractivity contribution in [2.75, 3.05) is 31.3 Å². The number of rotatable bonds is 12. The number of sulfonamides is 1. The van der Waals surface area contributed by atoms with Gasteiger partial charge in [0, 0.05) is 34.3 Å². The number of hydrogen-bond acceptors (Lipinski definition) is 6. The van der Waals surface area contributed by atoms with Crippen molar-refractivity contribution in [2.45, 2.75) is 45.8 Å². The summed E-state index contributed by atoms with van der Waals surface area (Å²) < 4.78 is 37.0. The molecule has 204 valence electrons. The molecule has 1 N–H and O–H groups in total. The molecule has 37 heavy (non-hydrogen) atoms. The molecule has 0 heterocycles. The summed E-state index contributed by atoms with van der Waals surface area (Å²) in [5.41, 5.74) is 0.639. The van der Waals surface area contributed by atoms with E-state index in [2.05, 4.69) is 5.32 Å². The van der Waals surface area contributed by atoms with Gasteiger partial charge in [0.15, 0.2) is 11.5 Å². The zero-order valence-corrected chi connectivity index (χ0v) is 24.1. The second-order valence-electron chi connectivity index (χ2n) is 8.52. The molecule has 12 heteroatoms. The number of carbonyl (C=O) groups is 2. The van der Waals surface area contributed by atoms with E-state index in [1.54, 1.807) is 31.2 Å². The fourth-order valence-corrected chi connectivity index (χ4v) is 4.85. The molecule has 0 saturated carbocycles. The minimum absolute atomic E-state index is 0.101. The summed E-state index contributed by atoms with van der Waals surface area (Å²) in [6.45, 7) is 4.67. The molecule has 2 atom stereocenters. The Morgan fingerprint density at radius 3 is 2.14 bits per heavy atom. The van der Waals surface area contributed by atoms with Gasteiger partial charge in [0.2, 0.25) is 21.8 Å². The van der Waals surface area contributed by atoms with Gasteiger partial charge >= 0.3 is 0 Å². The van der Waals surface area contributed by atoms with E-state index in [4.69, 9.17) is 32.7 Å². The van der Waals surface area contributed by atoms with E-state index < -0.39 is 28.5 Å². The number of ether oxygens (including phenoxy) is 2. The Hall–Kier alpha value is -2.69. The van der Waals surface area contributed by atoms with Crippen molar-refractivity contribution in [1.82, 2.24) is 10.2 Å². The molecular weight excluding hydrogens is 541 g/mol. The molecule has 0 saturated heterocycles. The Labute approximate surface area is 228 Å². The number of amides is 2. The van der Waals surface area contributed by atoms with Crippen molar-refractivity contribution in [3.8, 4) is 11.5 Å². The molecule has 2 rings (SSSR count). The lowest BCUT2D eigenvalue weighted by atomic mass is 10.1. The Kier molecular flexibility index (Phi) is 10.9. The predicted molar refractivity (Wildman–Crippen MR) is 146 cm³/mol. The molecule has 0 bridgehead atoms. The summed E-state index contributed by atoms with van der Waals surface area (Å²) in [6.07, 6.45) is 1.69. The lowest BCUT2D eigenvalue weighted by Gasteiger charge is -2.32. The van der Waals surface area contributed by atoms with Crippen LogP contribution in [0.15, 0.2) is 36.4 Å². The number of carbonyl (C=O) groups excluding carboxylic acids is 2. The predicted octanol–water partition coefficient (Wildman–Crippen LogP) is 4.11. The first-order valence-electron chi connectivity index (χ1n) is 11.6. The normalized spacial score (nSPS) is 12.9. The Morgan fingerprint density at radius 1 is 1.03 bits per heavy atom. The maximum absolute atomic E-state index is 13.7. The molecule has 0 aliphatic carbocycles. The molecule has 2 amide bonds. The Balaban J connectivity index is 2.49. The number of halogens is 2. The highest BCUT2D eigenvalue weighted by Crippen LogP contribution is 2.33. The van der Waals surface area contributed by atoms with Gasteiger partial charge in [-0.1, -0.05) is 36.2 Å². The lowest BCUT2D eigenvalue weighted by Crippen LogP contribution is -2.52. The van der Waals surface area contributed by atoms with Gasteiger partial charge in [-0.15, -0.1) is 0 Å². The number of benzene rings is 2. The fourth-order valence-electron chi connectivity index (χ4n) is 3.50. The maximum Gasteiger partial charge on any atom is 0.244 e. The van der Waals surface area contributed by atoms with Gasteiger partial charge in [-0.2, -0.15) is 0 Å². The average molecular weight is 575 g/mol. The van der Waals surface area contributed by atoms with Crippen molar-refractivity contribution in [1.29, 1.82) is 0 Å². The van der Waals surface area contributed by atoms with E-state index in [0.717, 1.165) is 10.6 Å². The molecule has 0 aliphatic heterocycles. The molecule has 2 unspecified atom stereocenters. The zero-order chi connectivity index (χ0) is 27.9. The van der Waals surface area contributed by atoms with E-state index in [0.29, 0.717) is 33.5 Å². The Morgan fingerprint density at radius 2 is 1.62 bits per heavy atom.